The van der Waals surface area contributed by atoms with Crippen LogP contribution in [-0.4, -0.2) is 19.5 Å². The van der Waals surface area contributed by atoms with Crippen molar-refractivity contribution in [1.82, 2.24) is 19.5 Å². The van der Waals surface area contributed by atoms with Crippen LogP contribution in [0.15, 0.2) is 12.4 Å². The molecule has 2 aromatic rings. The smallest absolute Gasteiger partial charge is 0.135 e. The van der Waals surface area contributed by atoms with Gasteiger partial charge in [-0.3, -0.25) is 0 Å². The number of aryl methyl sites for hydroxylation is 2. The van der Waals surface area contributed by atoms with Crippen LogP contribution in [0.25, 0.3) is 0 Å². The highest BCUT2D eigenvalue weighted by molar-refractivity contribution is 6.30. The summed E-state index contributed by atoms with van der Waals surface area (Å²) in [4.78, 5) is 12.8. The molecule has 0 amide bonds. The molecule has 0 atom stereocenters. The lowest BCUT2D eigenvalue weighted by Crippen LogP contribution is -2.05. The average molecular weight is 237 g/mol. The number of aromatic nitrogens is 4. The van der Waals surface area contributed by atoms with E-state index >= 15 is 0 Å². The summed E-state index contributed by atoms with van der Waals surface area (Å²) in [5.74, 6) is 1.66. The lowest BCUT2D eigenvalue weighted by molar-refractivity contribution is 0.800. The molecule has 0 aliphatic heterocycles. The second kappa shape index (κ2) is 4.22. The molecule has 16 heavy (non-hydrogen) atoms. The van der Waals surface area contributed by atoms with Crippen LogP contribution in [0.5, 0.6) is 0 Å². The van der Waals surface area contributed by atoms with Crippen LogP contribution >= 0.6 is 11.6 Å². The standard InChI is InChI=1S/C11H13ClN4/c1-7-9(14-8(2)15-11(7)12)6-10-13-4-5-16(10)3/h4-5H,6H2,1-3H3. The van der Waals surface area contributed by atoms with Gasteiger partial charge in [-0.25, -0.2) is 15.0 Å². The van der Waals surface area contributed by atoms with E-state index in [-0.39, 0.29) is 0 Å². The Hall–Kier alpha value is -1.42. The van der Waals surface area contributed by atoms with Crippen LogP contribution in [-0.2, 0) is 13.5 Å². The zero-order chi connectivity index (χ0) is 11.7. The number of imidazole rings is 1. The van der Waals surface area contributed by atoms with E-state index in [0.717, 1.165) is 17.1 Å². The predicted octanol–water partition coefficient (Wildman–Crippen LogP) is 2.07. The molecule has 84 valence electrons. The molecule has 4 nitrogen and oxygen atoms in total. The highest BCUT2D eigenvalue weighted by Gasteiger charge is 2.10. The van der Waals surface area contributed by atoms with Crippen LogP contribution in [0.2, 0.25) is 5.15 Å². The van der Waals surface area contributed by atoms with Crippen molar-refractivity contribution < 1.29 is 0 Å². The molecule has 0 bridgehead atoms. The Morgan fingerprint density at radius 3 is 2.69 bits per heavy atom. The number of hydrogen-bond acceptors (Lipinski definition) is 3. The van der Waals surface area contributed by atoms with Crippen LogP contribution in [0.1, 0.15) is 22.9 Å². The maximum absolute atomic E-state index is 6.02. The molecule has 0 aliphatic rings. The summed E-state index contributed by atoms with van der Waals surface area (Å²) >= 11 is 6.02. The van der Waals surface area contributed by atoms with Gasteiger partial charge in [0.15, 0.2) is 0 Å². The van der Waals surface area contributed by atoms with Crippen LogP contribution < -0.4 is 0 Å². The fourth-order valence-electron chi connectivity index (χ4n) is 1.54. The minimum atomic E-state index is 0.525. The van der Waals surface area contributed by atoms with Gasteiger partial charge in [-0.05, 0) is 13.8 Å². The maximum Gasteiger partial charge on any atom is 0.135 e. The SMILES string of the molecule is Cc1nc(Cl)c(C)c(Cc2nccn2C)n1. The van der Waals surface area contributed by atoms with E-state index < -0.39 is 0 Å². The summed E-state index contributed by atoms with van der Waals surface area (Å²) in [6, 6.07) is 0. The monoisotopic (exact) mass is 236 g/mol. The van der Waals surface area contributed by atoms with Gasteiger partial charge in [0, 0.05) is 31.4 Å². The molecule has 0 aromatic carbocycles. The Kier molecular flexibility index (Phi) is 2.92. The summed E-state index contributed by atoms with van der Waals surface area (Å²) in [6.07, 6.45) is 4.37. The van der Waals surface area contributed by atoms with E-state index in [0.29, 0.717) is 17.4 Å². The Balaban J connectivity index is 2.38. The Bertz CT molecular complexity index is 519. The Labute approximate surface area is 99.3 Å². The summed E-state index contributed by atoms with van der Waals surface area (Å²) in [6.45, 7) is 3.77. The van der Waals surface area contributed by atoms with E-state index in [9.17, 15) is 0 Å². The molecule has 5 heteroatoms. The molecule has 0 N–H and O–H groups in total. The second-order valence-electron chi connectivity index (χ2n) is 3.76. The molecule has 0 fully saturated rings. The lowest BCUT2D eigenvalue weighted by Gasteiger charge is -2.07. The molecule has 2 heterocycles. The summed E-state index contributed by atoms with van der Waals surface area (Å²) in [7, 11) is 1.97. The van der Waals surface area contributed by atoms with Gasteiger partial charge in [0.1, 0.15) is 16.8 Å². The van der Waals surface area contributed by atoms with Crippen LogP contribution in [0.3, 0.4) is 0 Å². The van der Waals surface area contributed by atoms with E-state index in [1.54, 1.807) is 6.20 Å². The van der Waals surface area contributed by atoms with Gasteiger partial charge < -0.3 is 4.57 Å². The predicted molar refractivity (Wildman–Crippen MR) is 62.5 cm³/mol. The largest absolute Gasteiger partial charge is 0.338 e. The second-order valence-corrected chi connectivity index (χ2v) is 4.12. The van der Waals surface area contributed by atoms with Crippen molar-refractivity contribution in [2.75, 3.05) is 0 Å². The molecule has 0 unspecified atom stereocenters. The number of halogens is 1. The molecular formula is C11H13ClN4. The first-order valence-corrected chi connectivity index (χ1v) is 5.41. The fourth-order valence-corrected chi connectivity index (χ4v) is 1.77. The lowest BCUT2D eigenvalue weighted by atomic mass is 10.2. The van der Waals surface area contributed by atoms with E-state index in [1.165, 1.54) is 0 Å². The molecule has 0 radical (unpaired) electrons. The highest BCUT2D eigenvalue weighted by Crippen LogP contribution is 2.17. The van der Waals surface area contributed by atoms with Gasteiger partial charge in [-0.15, -0.1) is 0 Å². The van der Waals surface area contributed by atoms with Crippen molar-refractivity contribution in [1.29, 1.82) is 0 Å². The average Bonchev–Trinajstić information content (AvgIpc) is 2.60. The van der Waals surface area contributed by atoms with Gasteiger partial charge >= 0.3 is 0 Å². The normalized spacial score (nSPS) is 10.8. The van der Waals surface area contributed by atoms with Crippen LogP contribution in [0, 0.1) is 13.8 Å². The quantitative estimate of drug-likeness (QED) is 0.750. The first-order chi connectivity index (χ1) is 7.58. The third-order valence-corrected chi connectivity index (χ3v) is 2.91. The van der Waals surface area contributed by atoms with E-state index in [4.69, 9.17) is 11.6 Å². The third-order valence-electron chi connectivity index (χ3n) is 2.55. The van der Waals surface area contributed by atoms with Crippen molar-refractivity contribution >= 4 is 11.6 Å². The van der Waals surface area contributed by atoms with E-state index in [1.807, 2.05) is 31.7 Å². The van der Waals surface area contributed by atoms with Crippen molar-refractivity contribution in [3.05, 3.63) is 40.5 Å². The molecule has 0 saturated heterocycles. The van der Waals surface area contributed by atoms with Crippen LogP contribution in [0.4, 0.5) is 0 Å². The molecular weight excluding hydrogens is 224 g/mol. The number of nitrogens with zero attached hydrogens (tertiary/aromatic N) is 4. The van der Waals surface area contributed by atoms with Crippen molar-refractivity contribution in [3.8, 4) is 0 Å². The Morgan fingerprint density at radius 2 is 2.06 bits per heavy atom. The Morgan fingerprint density at radius 1 is 1.31 bits per heavy atom. The number of hydrogen-bond donors (Lipinski definition) is 0. The van der Waals surface area contributed by atoms with Gasteiger partial charge in [0.05, 0.1) is 5.69 Å². The summed E-state index contributed by atoms with van der Waals surface area (Å²) < 4.78 is 1.98. The zero-order valence-corrected chi connectivity index (χ0v) is 10.3. The van der Waals surface area contributed by atoms with Gasteiger partial charge in [0.2, 0.25) is 0 Å². The molecule has 2 aromatic heterocycles. The van der Waals surface area contributed by atoms with Crippen molar-refractivity contribution in [3.63, 3.8) is 0 Å². The van der Waals surface area contributed by atoms with Gasteiger partial charge in [0.25, 0.3) is 0 Å². The van der Waals surface area contributed by atoms with Crippen molar-refractivity contribution in [2.45, 2.75) is 20.3 Å². The topological polar surface area (TPSA) is 43.6 Å². The summed E-state index contributed by atoms with van der Waals surface area (Å²) in [5, 5.41) is 0.525. The number of rotatable bonds is 2. The maximum atomic E-state index is 6.02. The van der Waals surface area contributed by atoms with Crippen molar-refractivity contribution in [2.24, 2.45) is 7.05 Å². The first-order valence-electron chi connectivity index (χ1n) is 5.03. The first kappa shape index (κ1) is 11.1. The molecule has 0 saturated carbocycles. The van der Waals surface area contributed by atoms with E-state index in [2.05, 4.69) is 15.0 Å². The van der Waals surface area contributed by atoms with Gasteiger partial charge in [-0.2, -0.15) is 0 Å². The van der Waals surface area contributed by atoms with Gasteiger partial charge in [-0.1, -0.05) is 11.6 Å². The third kappa shape index (κ3) is 2.07. The fraction of sp³-hybridized carbons (Fsp3) is 0.364. The highest BCUT2D eigenvalue weighted by atomic mass is 35.5. The zero-order valence-electron chi connectivity index (χ0n) is 9.53. The summed E-state index contributed by atoms with van der Waals surface area (Å²) in [5.41, 5.74) is 1.86. The minimum Gasteiger partial charge on any atom is -0.338 e. The molecule has 0 aliphatic carbocycles. The minimum absolute atomic E-state index is 0.525. The molecule has 0 spiro atoms. The molecule has 2 rings (SSSR count).